The molecule has 0 saturated heterocycles. The average molecular weight is 234 g/mol. The smallest absolute Gasteiger partial charge is 0.478 e. The summed E-state index contributed by atoms with van der Waals surface area (Å²) in [7, 11) is 0.987. The zero-order valence-electron chi connectivity index (χ0n) is 9.57. The Hall–Kier alpha value is -0.693. The van der Waals surface area contributed by atoms with Crippen molar-refractivity contribution in [3.05, 3.63) is 11.3 Å². The van der Waals surface area contributed by atoms with Crippen molar-refractivity contribution < 1.29 is 23.2 Å². The molecule has 0 bridgehead atoms. The van der Waals surface area contributed by atoms with Gasteiger partial charge in [-0.15, -0.1) is 0 Å². The molecule has 0 spiro atoms. The molecule has 0 aliphatic rings. The van der Waals surface area contributed by atoms with Gasteiger partial charge in [0.2, 0.25) is 0 Å². The minimum atomic E-state index is -3.19. The van der Waals surface area contributed by atoms with Crippen LogP contribution in [-0.2, 0) is 18.1 Å². The molecule has 0 aromatic rings. The maximum absolute atomic E-state index is 11.1. The second kappa shape index (κ2) is 6.73. The van der Waals surface area contributed by atoms with Crippen LogP contribution in [0.3, 0.4) is 0 Å². The zero-order chi connectivity index (χ0) is 11.9. The van der Waals surface area contributed by atoms with Gasteiger partial charge in [0.1, 0.15) is 5.20 Å². The highest BCUT2D eigenvalue weighted by Gasteiger charge is 2.46. The van der Waals surface area contributed by atoms with Crippen molar-refractivity contribution >= 4 is 14.8 Å². The molecular formula is C9H18O5Si. The van der Waals surface area contributed by atoms with Gasteiger partial charge in [-0.1, -0.05) is 19.4 Å². The predicted molar refractivity (Wildman–Crippen MR) is 57.4 cm³/mol. The number of hydrogen-bond donors (Lipinski definition) is 1. The maximum Gasteiger partial charge on any atom is 0.543 e. The van der Waals surface area contributed by atoms with Crippen molar-refractivity contribution in [2.24, 2.45) is 0 Å². The molecule has 0 aliphatic carbocycles. The largest absolute Gasteiger partial charge is 0.543 e. The van der Waals surface area contributed by atoms with Crippen molar-refractivity contribution in [1.82, 2.24) is 0 Å². The Balaban J connectivity index is 5.09. The summed E-state index contributed by atoms with van der Waals surface area (Å²) in [5, 5.41) is 9.15. The van der Waals surface area contributed by atoms with E-state index < -0.39 is 14.8 Å². The monoisotopic (exact) mass is 234 g/mol. The van der Waals surface area contributed by atoms with Crippen molar-refractivity contribution in [3.8, 4) is 0 Å². The number of carboxylic acids is 1. The molecule has 0 rings (SSSR count). The minimum absolute atomic E-state index is 0.0943. The number of hydrogen-bond acceptors (Lipinski definition) is 4. The van der Waals surface area contributed by atoms with Crippen LogP contribution in [0.15, 0.2) is 11.3 Å². The van der Waals surface area contributed by atoms with Gasteiger partial charge in [-0.3, -0.25) is 0 Å². The Morgan fingerprint density at radius 2 is 1.73 bits per heavy atom. The van der Waals surface area contributed by atoms with Crippen molar-refractivity contribution in [3.63, 3.8) is 0 Å². The van der Waals surface area contributed by atoms with E-state index in [0.29, 0.717) is 6.42 Å². The van der Waals surface area contributed by atoms with Gasteiger partial charge in [0.15, 0.2) is 0 Å². The molecule has 0 unspecified atom stereocenters. The van der Waals surface area contributed by atoms with Crippen LogP contribution in [0.1, 0.15) is 19.8 Å². The summed E-state index contributed by atoms with van der Waals surface area (Å²) in [6.07, 6.45) is 3.12. The van der Waals surface area contributed by atoms with Crippen LogP contribution in [0.5, 0.6) is 0 Å². The summed E-state index contributed by atoms with van der Waals surface area (Å²) in [5.41, 5.74) is 0. The average Bonchev–Trinajstić information content (AvgIpc) is 2.24. The molecule has 15 heavy (non-hydrogen) atoms. The van der Waals surface area contributed by atoms with E-state index in [0.717, 1.165) is 6.42 Å². The van der Waals surface area contributed by atoms with Gasteiger partial charge in [0, 0.05) is 21.3 Å². The summed E-state index contributed by atoms with van der Waals surface area (Å²) in [5.74, 6) is -1.05. The maximum atomic E-state index is 11.1. The third kappa shape index (κ3) is 3.42. The summed E-state index contributed by atoms with van der Waals surface area (Å²) in [4.78, 5) is 11.1. The summed E-state index contributed by atoms with van der Waals surface area (Å²) in [6, 6.07) is 0. The quantitative estimate of drug-likeness (QED) is 0.530. The van der Waals surface area contributed by atoms with E-state index in [1.807, 2.05) is 6.92 Å². The van der Waals surface area contributed by atoms with Gasteiger partial charge >= 0.3 is 14.8 Å². The Morgan fingerprint density at radius 1 is 1.27 bits per heavy atom. The lowest BCUT2D eigenvalue weighted by atomic mass is 10.3. The van der Waals surface area contributed by atoms with Gasteiger partial charge in [0.05, 0.1) is 0 Å². The van der Waals surface area contributed by atoms with E-state index in [9.17, 15) is 4.79 Å². The molecule has 0 radical (unpaired) electrons. The molecular weight excluding hydrogens is 216 g/mol. The first-order valence-electron chi connectivity index (χ1n) is 4.67. The zero-order valence-corrected chi connectivity index (χ0v) is 10.6. The molecule has 0 saturated carbocycles. The fraction of sp³-hybridized carbons (Fsp3) is 0.667. The van der Waals surface area contributed by atoms with Crippen LogP contribution in [0.2, 0.25) is 0 Å². The van der Waals surface area contributed by atoms with Crippen LogP contribution in [0.4, 0.5) is 0 Å². The van der Waals surface area contributed by atoms with Crippen LogP contribution >= 0.6 is 0 Å². The van der Waals surface area contributed by atoms with E-state index >= 15 is 0 Å². The van der Waals surface area contributed by atoms with Crippen molar-refractivity contribution in [2.45, 2.75) is 19.8 Å². The third-order valence-electron chi connectivity index (χ3n) is 2.00. The van der Waals surface area contributed by atoms with Crippen molar-refractivity contribution in [1.29, 1.82) is 0 Å². The van der Waals surface area contributed by atoms with Gasteiger partial charge in [0.25, 0.3) is 0 Å². The molecule has 5 nitrogen and oxygen atoms in total. The number of aliphatic carboxylic acids is 1. The first-order valence-corrected chi connectivity index (χ1v) is 6.39. The lowest BCUT2D eigenvalue weighted by molar-refractivity contribution is -0.132. The van der Waals surface area contributed by atoms with Crippen LogP contribution in [0, 0.1) is 0 Å². The van der Waals surface area contributed by atoms with Crippen molar-refractivity contribution in [2.75, 3.05) is 21.3 Å². The number of allylic oxidation sites excluding steroid dienone is 1. The first-order chi connectivity index (χ1) is 7.07. The summed E-state index contributed by atoms with van der Waals surface area (Å²) in [6.45, 7) is 1.96. The summed E-state index contributed by atoms with van der Waals surface area (Å²) < 4.78 is 15.3. The topological polar surface area (TPSA) is 65.0 Å². The Bertz CT molecular complexity index is 226. The predicted octanol–water partition coefficient (Wildman–Crippen LogP) is 1.21. The standard InChI is InChI=1S/C9H18O5Si/c1-5-6-7-8(9(10)11)15(12-2,13-3)14-4/h7H,5-6H2,1-4H3,(H,10,11)/b8-7+. The highest BCUT2D eigenvalue weighted by Crippen LogP contribution is 2.18. The van der Waals surface area contributed by atoms with E-state index in [-0.39, 0.29) is 5.20 Å². The molecule has 0 aromatic heterocycles. The number of carboxylic acid groups (broad SMARTS) is 1. The van der Waals surface area contributed by atoms with E-state index in [1.165, 1.54) is 21.3 Å². The Morgan fingerprint density at radius 3 is 2.00 bits per heavy atom. The third-order valence-corrected chi connectivity index (χ3v) is 4.69. The molecule has 0 aromatic carbocycles. The van der Waals surface area contributed by atoms with Crippen LogP contribution < -0.4 is 0 Å². The number of unbranched alkanes of at least 4 members (excludes halogenated alkanes) is 1. The molecule has 0 amide bonds. The fourth-order valence-corrected chi connectivity index (χ4v) is 3.03. The SMILES string of the molecule is CCC/C=C(\C(=O)O)[Si](OC)(OC)OC. The molecule has 6 heteroatoms. The molecule has 1 N–H and O–H groups in total. The molecule has 0 fully saturated rings. The highest BCUT2D eigenvalue weighted by atomic mass is 28.4. The van der Waals surface area contributed by atoms with Gasteiger partial charge in [-0.2, -0.15) is 0 Å². The number of rotatable bonds is 7. The molecule has 0 atom stereocenters. The first kappa shape index (κ1) is 14.3. The van der Waals surface area contributed by atoms with Gasteiger partial charge < -0.3 is 18.4 Å². The van der Waals surface area contributed by atoms with E-state index in [4.69, 9.17) is 18.4 Å². The normalized spacial score (nSPS) is 12.9. The molecule has 88 valence electrons. The van der Waals surface area contributed by atoms with E-state index in [1.54, 1.807) is 6.08 Å². The van der Waals surface area contributed by atoms with E-state index in [2.05, 4.69) is 0 Å². The molecule has 0 aliphatic heterocycles. The number of carbonyl (C=O) groups is 1. The van der Waals surface area contributed by atoms with Crippen LogP contribution in [-0.4, -0.2) is 41.2 Å². The van der Waals surface area contributed by atoms with Gasteiger partial charge in [-0.05, 0) is 6.42 Å². The van der Waals surface area contributed by atoms with Crippen LogP contribution in [0.25, 0.3) is 0 Å². The summed E-state index contributed by atoms with van der Waals surface area (Å²) >= 11 is 0. The lowest BCUT2D eigenvalue weighted by Gasteiger charge is -2.24. The highest BCUT2D eigenvalue weighted by molar-refractivity contribution is 6.73. The van der Waals surface area contributed by atoms with Gasteiger partial charge in [-0.25, -0.2) is 4.79 Å². The minimum Gasteiger partial charge on any atom is -0.478 e. The second-order valence-electron chi connectivity index (χ2n) is 2.88. The Kier molecular flexibility index (Phi) is 6.42. The lowest BCUT2D eigenvalue weighted by Crippen LogP contribution is -2.48. The second-order valence-corrected chi connectivity index (χ2v) is 5.76. The fourth-order valence-electron chi connectivity index (χ4n) is 1.21. The Labute approximate surface area is 91.0 Å². The molecule has 0 heterocycles.